The number of nitrogens with zero attached hydrogens (tertiary/aromatic N) is 1. The van der Waals surface area contributed by atoms with Gasteiger partial charge in [-0.2, -0.15) is 0 Å². The molecule has 2 aromatic rings. The smallest absolute Gasteiger partial charge is 0.333 e. The van der Waals surface area contributed by atoms with Crippen molar-refractivity contribution in [3.05, 3.63) is 63.8 Å². The van der Waals surface area contributed by atoms with Crippen LogP contribution in [0.15, 0.2) is 53.5 Å². The predicted octanol–water partition coefficient (Wildman–Crippen LogP) is 3.47. The first-order chi connectivity index (χ1) is 11.2. The molecule has 0 aliphatic rings. The van der Waals surface area contributed by atoms with Crippen LogP contribution < -0.4 is 5.56 Å². The van der Waals surface area contributed by atoms with E-state index in [1.807, 2.05) is 30.3 Å². The van der Waals surface area contributed by atoms with E-state index in [0.29, 0.717) is 17.7 Å². The van der Waals surface area contributed by atoms with Crippen molar-refractivity contribution in [2.75, 3.05) is 0 Å². The molecular formula is C18H20N2O3S. The van der Waals surface area contributed by atoms with Gasteiger partial charge in [0.15, 0.2) is 4.77 Å². The highest BCUT2D eigenvalue weighted by Crippen LogP contribution is 2.18. The SMILES string of the molecule is C=C(C)C(=O)OC(C)(C)Cn1cc(-c2ccccc2)c(=O)[nH]c1=S. The molecule has 2 rings (SSSR count). The fourth-order valence-electron chi connectivity index (χ4n) is 2.23. The van der Waals surface area contributed by atoms with Crippen molar-refractivity contribution in [3.8, 4) is 11.1 Å². The molecule has 1 aromatic carbocycles. The zero-order chi connectivity index (χ0) is 17.9. The Hall–Kier alpha value is -2.47. The summed E-state index contributed by atoms with van der Waals surface area (Å²) in [5.41, 5.74) is 0.572. The summed E-state index contributed by atoms with van der Waals surface area (Å²) in [5, 5.41) is 0. The van der Waals surface area contributed by atoms with Crippen molar-refractivity contribution in [3.63, 3.8) is 0 Å². The van der Waals surface area contributed by atoms with Crippen molar-refractivity contribution in [2.24, 2.45) is 0 Å². The van der Waals surface area contributed by atoms with Crippen LogP contribution >= 0.6 is 12.2 Å². The molecule has 0 atom stereocenters. The van der Waals surface area contributed by atoms with Crippen molar-refractivity contribution < 1.29 is 9.53 Å². The molecule has 0 aliphatic heterocycles. The molecule has 0 saturated heterocycles. The normalized spacial score (nSPS) is 11.1. The minimum Gasteiger partial charge on any atom is -0.454 e. The van der Waals surface area contributed by atoms with Crippen LogP contribution in [0, 0.1) is 4.77 Å². The summed E-state index contributed by atoms with van der Waals surface area (Å²) in [4.78, 5) is 26.6. The third-order valence-corrected chi connectivity index (χ3v) is 3.70. The Kier molecular flexibility index (Phi) is 5.19. The molecule has 0 bridgehead atoms. The maximum Gasteiger partial charge on any atom is 0.333 e. The van der Waals surface area contributed by atoms with Gasteiger partial charge in [-0.3, -0.25) is 9.78 Å². The van der Waals surface area contributed by atoms with Crippen molar-refractivity contribution in [1.82, 2.24) is 9.55 Å². The number of nitrogens with one attached hydrogen (secondary N) is 1. The second kappa shape index (κ2) is 6.97. The fourth-order valence-corrected chi connectivity index (χ4v) is 2.44. The molecule has 0 unspecified atom stereocenters. The minimum atomic E-state index is -0.805. The Morgan fingerprint density at radius 1 is 1.33 bits per heavy atom. The average Bonchev–Trinajstić information content (AvgIpc) is 2.50. The highest BCUT2D eigenvalue weighted by Gasteiger charge is 2.24. The van der Waals surface area contributed by atoms with Gasteiger partial charge in [-0.1, -0.05) is 36.9 Å². The molecule has 0 fully saturated rings. The summed E-state index contributed by atoms with van der Waals surface area (Å²) < 4.78 is 7.41. The van der Waals surface area contributed by atoms with Crippen LogP contribution in [-0.2, 0) is 16.1 Å². The second-order valence-electron chi connectivity index (χ2n) is 6.23. The van der Waals surface area contributed by atoms with Crippen LogP contribution in [0.5, 0.6) is 0 Å². The molecule has 5 nitrogen and oxygen atoms in total. The Bertz CT molecular complexity index is 879. The zero-order valence-corrected chi connectivity index (χ0v) is 14.8. The van der Waals surface area contributed by atoms with E-state index in [1.165, 1.54) is 0 Å². The van der Waals surface area contributed by atoms with Crippen LogP contribution in [0.25, 0.3) is 11.1 Å². The lowest BCUT2D eigenvalue weighted by molar-refractivity contribution is -0.152. The number of esters is 1. The topological polar surface area (TPSA) is 64.1 Å². The molecule has 0 saturated carbocycles. The lowest BCUT2D eigenvalue weighted by Gasteiger charge is -2.26. The highest BCUT2D eigenvalue weighted by atomic mass is 32.1. The highest BCUT2D eigenvalue weighted by molar-refractivity contribution is 7.71. The monoisotopic (exact) mass is 344 g/mol. The minimum absolute atomic E-state index is 0.251. The summed E-state index contributed by atoms with van der Waals surface area (Å²) in [6.45, 7) is 9.04. The lowest BCUT2D eigenvalue weighted by atomic mass is 10.1. The number of aromatic nitrogens is 2. The molecule has 126 valence electrons. The number of ether oxygens (including phenoxy) is 1. The van der Waals surface area contributed by atoms with E-state index in [4.69, 9.17) is 17.0 Å². The van der Waals surface area contributed by atoms with Crippen molar-refractivity contribution >= 4 is 18.2 Å². The maximum atomic E-state index is 12.2. The van der Waals surface area contributed by atoms with Crippen LogP contribution in [-0.4, -0.2) is 21.1 Å². The van der Waals surface area contributed by atoms with Crippen LogP contribution in [0.1, 0.15) is 20.8 Å². The first-order valence-corrected chi connectivity index (χ1v) is 7.88. The third-order valence-electron chi connectivity index (χ3n) is 3.36. The Balaban J connectivity index is 2.38. The number of carbonyl (C=O) groups is 1. The molecule has 1 N–H and O–H groups in total. The van der Waals surface area contributed by atoms with Crippen LogP contribution in [0.4, 0.5) is 0 Å². The predicted molar refractivity (Wildman–Crippen MR) is 96.3 cm³/mol. The van der Waals surface area contributed by atoms with Crippen molar-refractivity contribution in [2.45, 2.75) is 32.9 Å². The maximum absolute atomic E-state index is 12.2. The summed E-state index contributed by atoms with van der Waals surface area (Å²) in [5.74, 6) is -0.459. The molecule has 0 spiro atoms. The molecule has 0 radical (unpaired) electrons. The standard InChI is InChI=1S/C18H20N2O3S/c1-12(2)16(22)23-18(3,4)11-20-10-14(15(21)19-17(20)24)13-8-6-5-7-9-13/h5-10H,1,11H2,2-4H3,(H,19,21,24). The van der Waals surface area contributed by atoms with E-state index in [9.17, 15) is 9.59 Å². The van der Waals surface area contributed by atoms with Gasteiger partial charge in [0, 0.05) is 11.8 Å². The molecule has 0 aliphatic carbocycles. The first-order valence-electron chi connectivity index (χ1n) is 7.48. The number of hydrogen-bond acceptors (Lipinski definition) is 4. The van der Waals surface area contributed by atoms with Gasteiger partial charge in [0.25, 0.3) is 5.56 Å². The van der Waals surface area contributed by atoms with Crippen molar-refractivity contribution in [1.29, 1.82) is 0 Å². The number of hydrogen-bond donors (Lipinski definition) is 1. The molecule has 1 aromatic heterocycles. The first kappa shape index (κ1) is 17.9. The van der Waals surface area contributed by atoms with E-state index in [0.717, 1.165) is 5.56 Å². The molecular weight excluding hydrogens is 324 g/mol. The molecule has 0 amide bonds. The summed E-state index contributed by atoms with van der Waals surface area (Å²) in [7, 11) is 0. The average molecular weight is 344 g/mol. The second-order valence-corrected chi connectivity index (χ2v) is 6.61. The van der Waals surface area contributed by atoms with E-state index in [1.54, 1.807) is 31.5 Å². The van der Waals surface area contributed by atoms with E-state index in [2.05, 4.69) is 11.6 Å². The summed E-state index contributed by atoms with van der Waals surface area (Å²) >= 11 is 5.23. The van der Waals surface area contributed by atoms with E-state index < -0.39 is 11.6 Å². The molecule has 6 heteroatoms. The van der Waals surface area contributed by atoms with Crippen LogP contribution in [0.2, 0.25) is 0 Å². The van der Waals surface area contributed by atoms with Gasteiger partial charge in [0.05, 0.1) is 12.1 Å². The fraction of sp³-hybridized carbons (Fsp3) is 0.278. The van der Waals surface area contributed by atoms with Gasteiger partial charge in [-0.15, -0.1) is 0 Å². The number of aromatic amines is 1. The van der Waals surface area contributed by atoms with Gasteiger partial charge in [0.1, 0.15) is 5.60 Å². The number of H-pyrrole nitrogens is 1. The number of rotatable bonds is 5. The van der Waals surface area contributed by atoms with Gasteiger partial charge >= 0.3 is 5.97 Å². The quantitative estimate of drug-likeness (QED) is 0.512. The van der Waals surface area contributed by atoms with E-state index >= 15 is 0 Å². The third kappa shape index (κ3) is 4.29. The van der Waals surface area contributed by atoms with Gasteiger partial charge in [-0.25, -0.2) is 4.79 Å². The largest absolute Gasteiger partial charge is 0.454 e. The number of carbonyl (C=O) groups excluding carboxylic acids is 1. The van der Waals surface area contributed by atoms with Crippen LogP contribution in [0.3, 0.4) is 0 Å². The molecule has 24 heavy (non-hydrogen) atoms. The Morgan fingerprint density at radius 3 is 2.54 bits per heavy atom. The Morgan fingerprint density at radius 2 is 1.96 bits per heavy atom. The molecule has 1 heterocycles. The van der Waals surface area contributed by atoms with Gasteiger partial charge in [-0.05, 0) is 38.6 Å². The number of benzene rings is 1. The zero-order valence-electron chi connectivity index (χ0n) is 14.0. The van der Waals surface area contributed by atoms with Gasteiger partial charge in [0.2, 0.25) is 0 Å². The lowest BCUT2D eigenvalue weighted by Crippen LogP contribution is -2.34. The Labute approximate surface area is 145 Å². The summed E-state index contributed by atoms with van der Waals surface area (Å²) in [6, 6.07) is 9.31. The summed E-state index contributed by atoms with van der Waals surface area (Å²) in [6.07, 6.45) is 1.69. The van der Waals surface area contributed by atoms with Gasteiger partial charge < -0.3 is 9.30 Å². The van der Waals surface area contributed by atoms with E-state index in [-0.39, 0.29) is 10.3 Å².